The van der Waals surface area contributed by atoms with Gasteiger partial charge in [-0.15, -0.1) is 12.4 Å². The van der Waals surface area contributed by atoms with Gasteiger partial charge in [0, 0.05) is 73.9 Å². The summed E-state index contributed by atoms with van der Waals surface area (Å²) < 4.78 is 28.1. The number of aromatic amines is 1. The predicted octanol–water partition coefficient (Wildman–Crippen LogP) is 1.28. The smallest absolute Gasteiger partial charge is 0.292 e. The number of hydrogen-bond donors (Lipinski definition) is 2. The van der Waals surface area contributed by atoms with Gasteiger partial charge in [0.1, 0.15) is 11.1 Å². The standard InChI is InChI=1S/C23H26ClN7O4S.ClH/c1-25-22(32)19-13-30(36(34,35)20-10-14-9-16(24)3-4-17(14)27-20)7-8-31(19)23(33)21-26-11-15-12-29(2)6-5-18(15)28-21;/h3-4,9-11,19,27H,5-8,12-13H2,1-2H3,(H,25,32);1H. The summed E-state index contributed by atoms with van der Waals surface area (Å²) in [7, 11) is -0.503. The maximum Gasteiger partial charge on any atom is 0.292 e. The third-order valence-electron chi connectivity index (χ3n) is 6.64. The van der Waals surface area contributed by atoms with E-state index < -0.39 is 27.9 Å². The van der Waals surface area contributed by atoms with Crippen LogP contribution in [0, 0.1) is 0 Å². The Bertz CT molecular complexity index is 1460. The van der Waals surface area contributed by atoms with Crippen molar-refractivity contribution in [2.24, 2.45) is 0 Å². The normalized spacial score (nSPS) is 18.8. The molecule has 1 saturated heterocycles. The van der Waals surface area contributed by atoms with Crippen molar-refractivity contribution >= 4 is 56.7 Å². The maximum atomic E-state index is 13.4. The zero-order chi connectivity index (χ0) is 25.6. The summed E-state index contributed by atoms with van der Waals surface area (Å²) in [4.78, 5) is 41.3. The van der Waals surface area contributed by atoms with E-state index in [2.05, 4.69) is 25.2 Å². The molecule has 1 aromatic carbocycles. The van der Waals surface area contributed by atoms with E-state index in [1.807, 2.05) is 7.05 Å². The molecule has 4 heterocycles. The third kappa shape index (κ3) is 5.16. The number of nitrogens with one attached hydrogen (secondary N) is 2. The van der Waals surface area contributed by atoms with E-state index in [9.17, 15) is 18.0 Å². The second-order valence-corrected chi connectivity index (χ2v) is 11.4. The van der Waals surface area contributed by atoms with Crippen LogP contribution in [0.5, 0.6) is 0 Å². The van der Waals surface area contributed by atoms with Crippen molar-refractivity contribution in [3.63, 3.8) is 0 Å². The SMILES string of the molecule is CNC(=O)C1CN(S(=O)(=O)c2cc3cc(Cl)ccc3[nH]2)CCN1C(=O)c1ncc2c(n1)CCN(C)C2.Cl. The Morgan fingerprint density at radius 1 is 1.19 bits per heavy atom. The number of H-pyrrole nitrogens is 1. The highest BCUT2D eigenvalue weighted by Crippen LogP contribution is 2.26. The Balaban J connectivity index is 0.00000320. The van der Waals surface area contributed by atoms with Crippen LogP contribution in [-0.2, 0) is 27.8 Å². The molecule has 2 amide bonds. The molecular formula is C23H27Cl2N7O4S. The average molecular weight is 568 g/mol. The molecule has 0 aliphatic carbocycles. The Morgan fingerprint density at radius 2 is 1.97 bits per heavy atom. The molecule has 2 N–H and O–H groups in total. The van der Waals surface area contributed by atoms with Gasteiger partial charge in [-0.1, -0.05) is 11.6 Å². The molecule has 11 nitrogen and oxygen atoms in total. The number of hydrogen-bond acceptors (Lipinski definition) is 7. The van der Waals surface area contributed by atoms with Crippen molar-refractivity contribution < 1.29 is 18.0 Å². The van der Waals surface area contributed by atoms with Gasteiger partial charge in [-0.05, 0) is 31.3 Å². The van der Waals surface area contributed by atoms with Gasteiger partial charge in [0.05, 0.1) is 5.69 Å². The Hall–Kier alpha value is -2.77. The molecule has 0 spiro atoms. The summed E-state index contributed by atoms with van der Waals surface area (Å²) >= 11 is 6.03. The van der Waals surface area contributed by atoms with Gasteiger partial charge in [0.15, 0.2) is 0 Å². The first-order valence-electron chi connectivity index (χ1n) is 11.5. The second kappa shape index (κ2) is 10.5. The molecule has 2 aromatic heterocycles. The topological polar surface area (TPSA) is 132 Å². The van der Waals surface area contributed by atoms with E-state index in [4.69, 9.17) is 11.6 Å². The molecule has 2 aliphatic heterocycles. The summed E-state index contributed by atoms with van der Waals surface area (Å²) in [6, 6.07) is 5.53. The van der Waals surface area contributed by atoms with Crippen molar-refractivity contribution in [2.45, 2.75) is 24.0 Å². The van der Waals surface area contributed by atoms with E-state index >= 15 is 0 Å². The number of amides is 2. The lowest BCUT2D eigenvalue weighted by Gasteiger charge is -2.39. The minimum absolute atomic E-state index is 0. The van der Waals surface area contributed by atoms with Gasteiger partial charge >= 0.3 is 0 Å². The van der Waals surface area contributed by atoms with E-state index in [0.717, 1.165) is 17.8 Å². The zero-order valence-corrected chi connectivity index (χ0v) is 22.7. The average Bonchev–Trinajstić information content (AvgIpc) is 3.31. The quantitative estimate of drug-likeness (QED) is 0.485. The number of piperazine rings is 1. The number of aromatic nitrogens is 3. The minimum atomic E-state index is -3.96. The van der Waals surface area contributed by atoms with Crippen molar-refractivity contribution in [3.05, 3.63) is 52.6 Å². The van der Waals surface area contributed by atoms with E-state index in [1.54, 1.807) is 24.4 Å². The molecule has 0 saturated carbocycles. The molecule has 0 bridgehead atoms. The van der Waals surface area contributed by atoms with Gasteiger partial charge in [0.2, 0.25) is 11.7 Å². The summed E-state index contributed by atoms with van der Waals surface area (Å²) in [5.74, 6) is -0.954. The van der Waals surface area contributed by atoms with E-state index in [1.165, 1.54) is 22.3 Å². The molecule has 198 valence electrons. The molecular weight excluding hydrogens is 541 g/mol. The highest BCUT2D eigenvalue weighted by Gasteiger charge is 2.41. The summed E-state index contributed by atoms with van der Waals surface area (Å²) in [5, 5.41) is 3.70. The number of carbonyl (C=O) groups excluding carboxylic acids is 2. The van der Waals surface area contributed by atoms with E-state index in [0.29, 0.717) is 28.9 Å². The van der Waals surface area contributed by atoms with E-state index in [-0.39, 0.29) is 42.9 Å². The number of fused-ring (bicyclic) bond motifs is 2. The van der Waals surface area contributed by atoms with Crippen LogP contribution in [0.3, 0.4) is 0 Å². The number of likely N-dealkylation sites (N-methyl/N-ethyl adjacent to an activating group) is 2. The van der Waals surface area contributed by atoms with Gasteiger partial charge in [-0.25, -0.2) is 18.4 Å². The van der Waals surface area contributed by atoms with Crippen LogP contribution in [-0.4, -0.2) is 95.6 Å². The fraction of sp³-hybridized carbons (Fsp3) is 0.391. The van der Waals surface area contributed by atoms with Crippen molar-refractivity contribution in [3.8, 4) is 0 Å². The first kappa shape index (κ1) is 27.3. The predicted molar refractivity (Wildman–Crippen MR) is 140 cm³/mol. The maximum absolute atomic E-state index is 13.4. The molecule has 14 heteroatoms. The lowest BCUT2D eigenvalue weighted by atomic mass is 10.1. The number of nitrogens with zero attached hydrogens (tertiary/aromatic N) is 5. The molecule has 3 aromatic rings. The third-order valence-corrected chi connectivity index (χ3v) is 8.67. The van der Waals surface area contributed by atoms with Gasteiger partial charge in [0.25, 0.3) is 15.9 Å². The van der Waals surface area contributed by atoms with Gasteiger partial charge in [-0.2, -0.15) is 4.31 Å². The van der Waals surface area contributed by atoms with Crippen LogP contribution < -0.4 is 5.32 Å². The fourth-order valence-electron chi connectivity index (χ4n) is 4.65. The van der Waals surface area contributed by atoms with Crippen LogP contribution in [0.2, 0.25) is 5.02 Å². The summed E-state index contributed by atoms with van der Waals surface area (Å²) in [6.07, 6.45) is 2.36. The van der Waals surface area contributed by atoms with Gasteiger partial charge < -0.3 is 20.1 Å². The summed E-state index contributed by atoms with van der Waals surface area (Å²) in [5.41, 5.74) is 2.42. The number of carbonyl (C=O) groups is 2. The molecule has 5 rings (SSSR count). The first-order chi connectivity index (χ1) is 17.2. The minimum Gasteiger partial charge on any atom is -0.357 e. The molecule has 0 radical (unpaired) electrons. The number of sulfonamides is 1. The molecule has 2 aliphatic rings. The van der Waals surface area contributed by atoms with Crippen LogP contribution in [0.15, 0.2) is 35.5 Å². The lowest BCUT2D eigenvalue weighted by Crippen LogP contribution is -2.61. The van der Waals surface area contributed by atoms with Crippen molar-refractivity contribution in [1.82, 2.24) is 34.4 Å². The number of benzene rings is 1. The van der Waals surface area contributed by atoms with Crippen LogP contribution >= 0.6 is 24.0 Å². The zero-order valence-electron chi connectivity index (χ0n) is 20.3. The monoisotopic (exact) mass is 567 g/mol. The fourth-order valence-corrected chi connectivity index (χ4v) is 6.29. The van der Waals surface area contributed by atoms with Gasteiger partial charge in [-0.3, -0.25) is 9.59 Å². The first-order valence-corrected chi connectivity index (χ1v) is 13.3. The van der Waals surface area contributed by atoms with Crippen LogP contribution in [0.25, 0.3) is 10.9 Å². The van der Waals surface area contributed by atoms with Crippen LogP contribution in [0.4, 0.5) is 0 Å². The Kier molecular flexibility index (Phi) is 7.77. The molecule has 37 heavy (non-hydrogen) atoms. The number of halogens is 2. The van der Waals surface area contributed by atoms with Crippen molar-refractivity contribution in [2.75, 3.05) is 40.3 Å². The Labute approximate surface area is 225 Å². The summed E-state index contributed by atoms with van der Waals surface area (Å²) in [6.45, 7) is 1.38. The second-order valence-electron chi connectivity index (χ2n) is 9.01. The highest BCUT2D eigenvalue weighted by atomic mass is 35.5. The van der Waals surface area contributed by atoms with Crippen molar-refractivity contribution in [1.29, 1.82) is 0 Å². The highest BCUT2D eigenvalue weighted by molar-refractivity contribution is 7.89. The van der Waals surface area contributed by atoms with Crippen LogP contribution in [0.1, 0.15) is 21.9 Å². The molecule has 1 unspecified atom stereocenters. The largest absolute Gasteiger partial charge is 0.357 e. The Morgan fingerprint density at radius 3 is 2.73 bits per heavy atom. The lowest BCUT2D eigenvalue weighted by molar-refractivity contribution is -0.126. The number of rotatable bonds is 4. The molecule has 1 fully saturated rings. The molecule has 1 atom stereocenters.